The molecular formula is C18H16Cl2N4O5S. The molecule has 0 atom stereocenters. The van der Waals surface area contributed by atoms with E-state index in [0.29, 0.717) is 10.9 Å². The number of rotatable bonds is 7. The molecule has 1 amide bonds. The summed E-state index contributed by atoms with van der Waals surface area (Å²) in [4.78, 5) is 28.5. The zero-order valence-corrected chi connectivity index (χ0v) is 17.6. The molecule has 0 unspecified atom stereocenters. The average molecular weight is 471 g/mol. The smallest absolute Gasteiger partial charge is 0.262 e. The predicted octanol–water partition coefficient (Wildman–Crippen LogP) is 1.61. The van der Waals surface area contributed by atoms with Gasteiger partial charge in [-0.05, 0) is 30.3 Å². The summed E-state index contributed by atoms with van der Waals surface area (Å²) in [6, 6.07) is 10.5. The van der Waals surface area contributed by atoms with Crippen LogP contribution in [0, 0.1) is 0 Å². The van der Waals surface area contributed by atoms with Gasteiger partial charge in [0.25, 0.3) is 11.5 Å². The van der Waals surface area contributed by atoms with E-state index in [2.05, 4.69) is 15.0 Å². The molecule has 0 saturated heterocycles. The van der Waals surface area contributed by atoms with Crippen LogP contribution in [0.2, 0.25) is 10.0 Å². The van der Waals surface area contributed by atoms with E-state index >= 15 is 0 Å². The Morgan fingerprint density at radius 1 is 1.17 bits per heavy atom. The fourth-order valence-electron chi connectivity index (χ4n) is 2.69. The van der Waals surface area contributed by atoms with Gasteiger partial charge in [0.2, 0.25) is 16.0 Å². The SMILES string of the molecule is O=C(CO)Nc1nc2ccccc2c(=O)n1CCNS(=O)(=O)c1cc(Cl)ccc1Cl. The number of carbonyl (C=O) groups excluding carboxylic acids is 1. The van der Waals surface area contributed by atoms with Crippen molar-refractivity contribution in [3.63, 3.8) is 0 Å². The maximum Gasteiger partial charge on any atom is 0.262 e. The highest BCUT2D eigenvalue weighted by Gasteiger charge is 2.19. The van der Waals surface area contributed by atoms with Gasteiger partial charge in [-0.3, -0.25) is 19.5 Å². The number of carbonyl (C=O) groups is 1. The van der Waals surface area contributed by atoms with E-state index in [4.69, 9.17) is 28.3 Å². The minimum absolute atomic E-state index is 0.00710. The summed E-state index contributed by atoms with van der Waals surface area (Å²) in [7, 11) is -4.01. The van der Waals surface area contributed by atoms with Crippen LogP contribution in [0.1, 0.15) is 0 Å². The molecule has 1 heterocycles. The van der Waals surface area contributed by atoms with E-state index in [1.165, 1.54) is 18.2 Å². The van der Waals surface area contributed by atoms with Gasteiger partial charge >= 0.3 is 0 Å². The number of aromatic nitrogens is 2. The number of para-hydroxylation sites is 1. The predicted molar refractivity (Wildman–Crippen MR) is 113 cm³/mol. The number of benzene rings is 2. The van der Waals surface area contributed by atoms with E-state index in [-0.39, 0.29) is 34.0 Å². The van der Waals surface area contributed by atoms with Crippen molar-refractivity contribution in [1.82, 2.24) is 14.3 Å². The number of nitrogens with one attached hydrogen (secondary N) is 2. The van der Waals surface area contributed by atoms with Crippen LogP contribution in [0.4, 0.5) is 5.95 Å². The van der Waals surface area contributed by atoms with Crippen LogP contribution in [0.25, 0.3) is 10.9 Å². The van der Waals surface area contributed by atoms with Gasteiger partial charge in [0.05, 0.1) is 15.9 Å². The molecule has 30 heavy (non-hydrogen) atoms. The monoisotopic (exact) mass is 470 g/mol. The van der Waals surface area contributed by atoms with Crippen molar-refractivity contribution >= 4 is 56.0 Å². The molecule has 0 aliphatic carbocycles. The van der Waals surface area contributed by atoms with Crippen LogP contribution in [-0.4, -0.2) is 42.1 Å². The molecule has 0 bridgehead atoms. The molecule has 9 nitrogen and oxygen atoms in total. The van der Waals surface area contributed by atoms with Crippen molar-refractivity contribution in [2.24, 2.45) is 0 Å². The third-order valence-electron chi connectivity index (χ3n) is 4.07. The van der Waals surface area contributed by atoms with E-state index in [1.54, 1.807) is 24.3 Å². The Kier molecular flexibility index (Phi) is 6.74. The Morgan fingerprint density at radius 3 is 2.63 bits per heavy atom. The van der Waals surface area contributed by atoms with E-state index in [1.807, 2.05) is 0 Å². The Labute approximate surface area is 181 Å². The topological polar surface area (TPSA) is 130 Å². The number of hydrogen-bond donors (Lipinski definition) is 3. The molecule has 3 rings (SSSR count). The number of amides is 1. The molecule has 0 fully saturated rings. The van der Waals surface area contributed by atoms with Gasteiger partial charge < -0.3 is 5.11 Å². The summed E-state index contributed by atoms with van der Waals surface area (Å²) in [6.07, 6.45) is 0. The first kappa shape index (κ1) is 22.2. The molecule has 0 spiro atoms. The highest BCUT2D eigenvalue weighted by atomic mass is 35.5. The lowest BCUT2D eigenvalue weighted by atomic mass is 10.2. The molecule has 0 saturated carbocycles. The maximum absolute atomic E-state index is 12.8. The van der Waals surface area contributed by atoms with Gasteiger partial charge in [-0.2, -0.15) is 0 Å². The molecule has 3 N–H and O–H groups in total. The Hall–Kier alpha value is -2.50. The standard InChI is InChI=1S/C18H16Cl2N4O5S/c19-11-5-6-13(20)15(9-11)30(28,29)21-7-8-24-17(27)12-3-1-2-4-14(12)22-18(24)23-16(26)10-25/h1-6,9,21,25H,7-8,10H2,(H,22,23,26). The Balaban J connectivity index is 1.90. The van der Waals surface area contributed by atoms with E-state index in [0.717, 1.165) is 4.57 Å². The number of hydrogen-bond acceptors (Lipinski definition) is 6. The molecule has 0 aliphatic rings. The fraction of sp³-hybridized carbons (Fsp3) is 0.167. The third kappa shape index (κ3) is 4.79. The summed E-state index contributed by atoms with van der Waals surface area (Å²) in [6.45, 7) is -1.15. The maximum atomic E-state index is 12.8. The van der Waals surface area contributed by atoms with Crippen LogP contribution in [0.3, 0.4) is 0 Å². The molecule has 158 valence electrons. The first-order chi connectivity index (χ1) is 14.2. The quantitative estimate of drug-likeness (QED) is 0.480. The highest BCUT2D eigenvalue weighted by molar-refractivity contribution is 7.89. The van der Waals surface area contributed by atoms with Crippen LogP contribution in [0.15, 0.2) is 52.2 Å². The summed E-state index contributed by atoms with van der Waals surface area (Å²) in [5.41, 5.74) is -0.132. The number of aliphatic hydroxyl groups is 1. The van der Waals surface area contributed by atoms with Crippen molar-refractivity contribution < 1.29 is 18.3 Å². The van der Waals surface area contributed by atoms with Gasteiger partial charge in [0, 0.05) is 18.1 Å². The normalized spacial score (nSPS) is 11.6. The lowest BCUT2D eigenvalue weighted by Gasteiger charge is -2.14. The summed E-state index contributed by atoms with van der Waals surface area (Å²) < 4.78 is 28.5. The lowest BCUT2D eigenvalue weighted by molar-refractivity contribution is -0.118. The van der Waals surface area contributed by atoms with E-state index in [9.17, 15) is 18.0 Å². The van der Waals surface area contributed by atoms with Crippen molar-refractivity contribution in [3.8, 4) is 0 Å². The number of anilines is 1. The van der Waals surface area contributed by atoms with Crippen LogP contribution >= 0.6 is 23.2 Å². The number of sulfonamides is 1. The van der Waals surface area contributed by atoms with E-state index < -0.39 is 28.1 Å². The van der Waals surface area contributed by atoms with Crippen LogP contribution in [-0.2, 0) is 21.4 Å². The van der Waals surface area contributed by atoms with Gasteiger partial charge in [-0.1, -0.05) is 35.3 Å². The molecule has 0 aliphatic heterocycles. The molecule has 3 aromatic rings. The fourth-order valence-corrected chi connectivity index (χ4v) is 4.47. The summed E-state index contributed by atoms with van der Waals surface area (Å²) in [5, 5.41) is 11.8. The molecule has 0 radical (unpaired) electrons. The lowest BCUT2D eigenvalue weighted by Crippen LogP contribution is -2.34. The first-order valence-electron chi connectivity index (χ1n) is 8.58. The number of halogens is 2. The van der Waals surface area contributed by atoms with Gasteiger partial charge in [-0.15, -0.1) is 0 Å². The van der Waals surface area contributed by atoms with Crippen molar-refractivity contribution in [2.75, 3.05) is 18.5 Å². The second-order valence-electron chi connectivity index (χ2n) is 6.09. The van der Waals surface area contributed by atoms with Crippen molar-refractivity contribution in [1.29, 1.82) is 0 Å². The zero-order chi connectivity index (χ0) is 21.9. The molecular weight excluding hydrogens is 455 g/mol. The second-order valence-corrected chi connectivity index (χ2v) is 8.67. The number of fused-ring (bicyclic) bond motifs is 1. The van der Waals surface area contributed by atoms with Crippen LogP contribution < -0.4 is 15.6 Å². The number of nitrogens with zero attached hydrogens (tertiary/aromatic N) is 2. The zero-order valence-electron chi connectivity index (χ0n) is 15.3. The molecule has 2 aromatic carbocycles. The Morgan fingerprint density at radius 2 is 1.90 bits per heavy atom. The largest absolute Gasteiger partial charge is 0.387 e. The van der Waals surface area contributed by atoms with Crippen LogP contribution in [0.5, 0.6) is 0 Å². The Bertz CT molecular complexity index is 1280. The highest BCUT2D eigenvalue weighted by Crippen LogP contribution is 2.24. The minimum atomic E-state index is -4.01. The summed E-state index contributed by atoms with van der Waals surface area (Å²) in [5.74, 6) is -0.880. The van der Waals surface area contributed by atoms with Gasteiger partial charge in [0.15, 0.2) is 0 Å². The second kappa shape index (κ2) is 9.11. The molecule has 1 aromatic heterocycles. The summed E-state index contributed by atoms with van der Waals surface area (Å²) >= 11 is 11.8. The minimum Gasteiger partial charge on any atom is -0.387 e. The third-order valence-corrected chi connectivity index (χ3v) is 6.24. The first-order valence-corrected chi connectivity index (χ1v) is 10.8. The average Bonchev–Trinajstić information content (AvgIpc) is 2.71. The molecule has 12 heteroatoms. The van der Waals surface area contributed by atoms with Crippen molar-refractivity contribution in [2.45, 2.75) is 11.4 Å². The van der Waals surface area contributed by atoms with Gasteiger partial charge in [-0.25, -0.2) is 18.1 Å². The van der Waals surface area contributed by atoms with Gasteiger partial charge in [0.1, 0.15) is 11.5 Å². The number of aliphatic hydroxyl groups excluding tert-OH is 1. The van der Waals surface area contributed by atoms with Crippen molar-refractivity contribution in [3.05, 3.63) is 62.9 Å².